The first-order valence-electron chi connectivity index (χ1n) is 10.2. The third-order valence-corrected chi connectivity index (χ3v) is 5.81. The first kappa shape index (κ1) is 23.2. The van der Waals surface area contributed by atoms with E-state index in [1.54, 1.807) is 6.07 Å². The summed E-state index contributed by atoms with van der Waals surface area (Å²) in [5.41, 5.74) is 1.98. The van der Waals surface area contributed by atoms with Crippen LogP contribution in [0.3, 0.4) is 0 Å². The van der Waals surface area contributed by atoms with Gasteiger partial charge in [-0.15, -0.1) is 0 Å². The normalized spacial score (nSPS) is 22.7. The molecule has 31 heavy (non-hydrogen) atoms. The minimum Gasteiger partial charge on any atom is -0.483 e. The lowest BCUT2D eigenvalue weighted by molar-refractivity contribution is -0.123. The standard InChI is InChI=1S/C22H24ClFN2O2.CH2O2/c23-17-7-5-16(6-8-17)21-13-26-12-19(11-20(26)14-28-21)25-22(27)9-4-15-2-1-3-18(24)10-15;2-1-3/h1-3,5-8,10,19-21H,4,9,11-14H2,(H,25,27);1H,(H,2,3)/t19-,20-,21+;/m0./s1. The highest BCUT2D eigenvalue weighted by molar-refractivity contribution is 6.30. The number of carboxylic acid groups (broad SMARTS) is 1. The van der Waals surface area contributed by atoms with Crippen molar-refractivity contribution >= 4 is 24.0 Å². The van der Waals surface area contributed by atoms with Crippen molar-refractivity contribution in [1.29, 1.82) is 0 Å². The van der Waals surface area contributed by atoms with Crippen LogP contribution in [0.25, 0.3) is 0 Å². The molecule has 8 heteroatoms. The van der Waals surface area contributed by atoms with Gasteiger partial charge in [0.05, 0.1) is 12.7 Å². The number of morpholine rings is 1. The molecule has 2 aliphatic rings. The van der Waals surface area contributed by atoms with E-state index in [0.29, 0.717) is 25.5 Å². The molecule has 4 rings (SSSR count). The van der Waals surface area contributed by atoms with Crippen molar-refractivity contribution in [3.63, 3.8) is 0 Å². The molecule has 166 valence electrons. The number of aryl methyl sites for hydroxylation is 1. The molecule has 0 spiro atoms. The Morgan fingerprint density at radius 3 is 2.71 bits per heavy atom. The fourth-order valence-corrected chi connectivity index (χ4v) is 4.23. The van der Waals surface area contributed by atoms with E-state index < -0.39 is 0 Å². The van der Waals surface area contributed by atoms with Crippen LogP contribution in [-0.2, 0) is 20.7 Å². The van der Waals surface area contributed by atoms with Crippen LogP contribution in [-0.4, -0.2) is 54.2 Å². The van der Waals surface area contributed by atoms with Crippen LogP contribution >= 0.6 is 11.6 Å². The van der Waals surface area contributed by atoms with Crippen molar-refractivity contribution in [3.05, 3.63) is 70.5 Å². The van der Waals surface area contributed by atoms with Gasteiger partial charge in [0.15, 0.2) is 0 Å². The van der Waals surface area contributed by atoms with Crippen molar-refractivity contribution in [3.8, 4) is 0 Å². The second-order valence-electron chi connectivity index (χ2n) is 7.72. The van der Waals surface area contributed by atoms with Gasteiger partial charge >= 0.3 is 0 Å². The van der Waals surface area contributed by atoms with E-state index in [4.69, 9.17) is 26.2 Å². The number of benzene rings is 2. The van der Waals surface area contributed by atoms with Crippen LogP contribution in [0.1, 0.15) is 30.1 Å². The number of ether oxygens (including phenoxy) is 1. The lowest BCUT2D eigenvalue weighted by Gasteiger charge is -2.35. The summed E-state index contributed by atoms with van der Waals surface area (Å²) in [4.78, 5) is 23.1. The predicted molar refractivity (Wildman–Crippen MR) is 115 cm³/mol. The summed E-state index contributed by atoms with van der Waals surface area (Å²) in [6.45, 7) is 2.08. The van der Waals surface area contributed by atoms with Gasteiger partial charge in [-0.2, -0.15) is 0 Å². The molecule has 0 aliphatic carbocycles. The maximum atomic E-state index is 13.2. The van der Waals surface area contributed by atoms with Gasteiger partial charge in [-0.25, -0.2) is 4.39 Å². The van der Waals surface area contributed by atoms with E-state index in [9.17, 15) is 9.18 Å². The van der Waals surface area contributed by atoms with Gasteiger partial charge in [-0.1, -0.05) is 35.9 Å². The van der Waals surface area contributed by atoms with E-state index in [0.717, 1.165) is 35.7 Å². The molecule has 0 saturated carbocycles. The molecule has 2 aliphatic heterocycles. The van der Waals surface area contributed by atoms with Crippen LogP contribution in [0, 0.1) is 5.82 Å². The van der Waals surface area contributed by atoms with E-state index in [-0.39, 0.29) is 30.3 Å². The second kappa shape index (κ2) is 11.2. The van der Waals surface area contributed by atoms with Gasteiger partial charge in [0.1, 0.15) is 5.82 Å². The zero-order valence-corrected chi connectivity index (χ0v) is 17.8. The molecule has 0 aromatic heterocycles. The van der Waals surface area contributed by atoms with Crippen molar-refractivity contribution in [2.24, 2.45) is 0 Å². The van der Waals surface area contributed by atoms with E-state index in [1.807, 2.05) is 30.3 Å². The highest BCUT2D eigenvalue weighted by Crippen LogP contribution is 2.30. The molecule has 2 aromatic carbocycles. The maximum absolute atomic E-state index is 13.2. The molecule has 1 amide bonds. The summed E-state index contributed by atoms with van der Waals surface area (Å²) in [7, 11) is 0. The molecule has 0 unspecified atom stereocenters. The number of nitrogens with one attached hydrogen (secondary N) is 1. The monoisotopic (exact) mass is 448 g/mol. The Labute approximate surface area is 186 Å². The number of fused-ring (bicyclic) bond motifs is 1. The van der Waals surface area contributed by atoms with Gasteiger partial charge in [-0.05, 0) is 48.2 Å². The van der Waals surface area contributed by atoms with Gasteiger partial charge < -0.3 is 15.2 Å². The molecular formula is C23H26ClFN2O4. The minimum atomic E-state index is -0.263. The second-order valence-corrected chi connectivity index (χ2v) is 8.15. The quantitative estimate of drug-likeness (QED) is 0.685. The predicted octanol–water partition coefficient (Wildman–Crippen LogP) is 3.44. The lowest BCUT2D eigenvalue weighted by Crippen LogP contribution is -2.43. The Balaban J connectivity index is 0.000000858. The van der Waals surface area contributed by atoms with Crippen LogP contribution in [0.5, 0.6) is 0 Å². The van der Waals surface area contributed by atoms with E-state index in [1.165, 1.54) is 12.1 Å². The molecule has 2 aromatic rings. The number of carbonyl (C=O) groups excluding carboxylic acids is 1. The molecule has 2 saturated heterocycles. The molecular weight excluding hydrogens is 423 g/mol. The van der Waals surface area contributed by atoms with Gasteiger partial charge in [-0.3, -0.25) is 14.5 Å². The number of rotatable bonds is 5. The third-order valence-electron chi connectivity index (χ3n) is 5.55. The molecule has 6 nitrogen and oxygen atoms in total. The Kier molecular flexibility index (Phi) is 8.40. The van der Waals surface area contributed by atoms with Crippen molar-refractivity contribution in [2.75, 3.05) is 19.7 Å². The van der Waals surface area contributed by atoms with Crippen LogP contribution in [0.4, 0.5) is 4.39 Å². The maximum Gasteiger partial charge on any atom is 0.290 e. The summed E-state index contributed by atoms with van der Waals surface area (Å²) < 4.78 is 19.3. The topological polar surface area (TPSA) is 78.9 Å². The summed E-state index contributed by atoms with van der Waals surface area (Å²) in [5, 5.41) is 10.7. The van der Waals surface area contributed by atoms with Crippen LogP contribution in [0.2, 0.25) is 5.02 Å². The fraction of sp³-hybridized carbons (Fsp3) is 0.391. The number of nitrogens with zero attached hydrogens (tertiary/aromatic N) is 1. The number of hydrogen-bond donors (Lipinski definition) is 2. The number of hydrogen-bond acceptors (Lipinski definition) is 4. The number of halogens is 2. The van der Waals surface area contributed by atoms with Gasteiger partial charge in [0, 0.05) is 36.6 Å². The third kappa shape index (κ3) is 6.75. The van der Waals surface area contributed by atoms with Crippen molar-refractivity contribution in [2.45, 2.75) is 37.5 Å². The highest BCUT2D eigenvalue weighted by atomic mass is 35.5. The first-order chi connectivity index (χ1) is 15.0. The molecule has 0 bridgehead atoms. The lowest BCUT2D eigenvalue weighted by atomic mass is 10.1. The van der Waals surface area contributed by atoms with E-state index in [2.05, 4.69) is 10.2 Å². The summed E-state index contributed by atoms with van der Waals surface area (Å²) in [6.07, 6.45) is 1.86. The van der Waals surface area contributed by atoms with Gasteiger partial charge in [0.2, 0.25) is 5.91 Å². The average Bonchev–Trinajstić information content (AvgIpc) is 3.15. The number of amides is 1. The highest BCUT2D eigenvalue weighted by Gasteiger charge is 2.38. The van der Waals surface area contributed by atoms with Crippen molar-refractivity contribution < 1.29 is 23.8 Å². The molecule has 2 N–H and O–H groups in total. The fourth-order valence-electron chi connectivity index (χ4n) is 4.11. The number of carbonyl (C=O) groups is 2. The average molecular weight is 449 g/mol. The first-order valence-corrected chi connectivity index (χ1v) is 10.6. The van der Waals surface area contributed by atoms with Crippen LogP contribution in [0.15, 0.2) is 48.5 Å². The largest absolute Gasteiger partial charge is 0.483 e. The Morgan fingerprint density at radius 1 is 1.26 bits per heavy atom. The Morgan fingerprint density at radius 2 is 2.00 bits per heavy atom. The van der Waals surface area contributed by atoms with E-state index >= 15 is 0 Å². The Hall–Kier alpha value is -2.48. The summed E-state index contributed by atoms with van der Waals surface area (Å²) in [5.74, 6) is -0.245. The summed E-state index contributed by atoms with van der Waals surface area (Å²) in [6, 6.07) is 14.7. The zero-order chi connectivity index (χ0) is 22.2. The Bertz CT molecular complexity index is 880. The smallest absolute Gasteiger partial charge is 0.290 e. The SMILES string of the molecule is O=C(CCc1cccc(F)c1)N[C@H]1C[C@H]2CO[C@@H](c3ccc(Cl)cc3)CN2C1.O=CO. The molecule has 0 radical (unpaired) electrons. The van der Waals surface area contributed by atoms with Crippen LogP contribution < -0.4 is 5.32 Å². The van der Waals surface area contributed by atoms with Crippen molar-refractivity contribution in [1.82, 2.24) is 10.2 Å². The summed E-state index contributed by atoms with van der Waals surface area (Å²) >= 11 is 5.97. The molecule has 2 heterocycles. The minimum absolute atomic E-state index is 0.0178. The zero-order valence-electron chi connectivity index (χ0n) is 17.0. The van der Waals surface area contributed by atoms with Gasteiger partial charge in [0.25, 0.3) is 6.47 Å². The molecule has 2 fully saturated rings. The molecule has 3 atom stereocenters.